The van der Waals surface area contributed by atoms with Gasteiger partial charge in [0, 0.05) is 13.1 Å². The lowest BCUT2D eigenvalue weighted by molar-refractivity contribution is -0.142. The molecule has 0 aliphatic rings. The number of nitrogens with two attached hydrogens (primary N) is 5. The molecule has 3 amide bonds. The Balaban J connectivity index is 5.11. The Morgan fingerprint density at radius 2 is 1.35 bits per heavy atom. The molecule has 34 heavy (non-hydrogen) atoms. The number of amides is 3. The van der Waals surface area contributed by atoms with Crippen LogP contribution in [0.4, 0.5) is 0 Å². The zero-order valence-electron chi connectivity index (χ0n) is 19.1. The molecule has 0 aromatic heterocycles. The lowest BCUT2D eigenvalue weighted by Gasteiger charge is -2.22. The average molecular weight is 489 g/mol. The van der Waals surface area contributed by atoms with Crippen LogP contribution in [0.5, 0.6) is 0 Å². The summed E-state index contributed by atoms with van der Waals surface area (Å²) >= 11 is 0. The summed E-state index contributed by atoms with van der Waals surface area (Å²) in [7, 11) is 0. The van der Waals surface area contributed by atoms with Crippen molar-refractivity contribution in [1.29, 1.82) is 0 Å². The minimum atomic E-state index is -1.27. The van der Waals surface area contributed by atoms with Crippen molar-refractivity contribution in [1.82, 2.24) is 16.0 Å². The van der Waals surface area contributed by atoms with Crippen LogP contribution in [0.25, 0.3) is 0 Å². The molecule has 0 rings (SSSR count). The van der Waals surface area contributed by atoms with Gasteiger partial charge in [0.1, 0.15) is 18.1 Å². The van der Waals surface area contributed by atoms with Gasteiger partial charge in [-0.3, -0.25) is 24.4 Å². The second kappa shape index (κ2) is 16.0. The molecule has 0 spiro atoms. The van der Waals surface area contributed by atoms with Crippen molar-refractivity contribution in [3.63, 3.8) is 0 Å². The molecule has 0 saturated heterocycles. The third-order valence-corrected chi connectivity index (χ3v) is 4.40. The highest BCUT2D eigenvalue weighted by Crippen LogP contribution is 2.03. The van der Waals surface area contributed by atoms with Crippen molar-refractivity contribution in [3.05, 3.63) is 0 Å². The van der Waals surface area contributed by atoms with Crippen LogP contribution in [-0.4, -0.2) is 89.7 Å². The quantitative estimate of drug-likeness (QED) is 0.0556. The van der Waals surface area contributed by atoms with Crippen LogP contribution in [0.15, 0.2) is 9.98 Å². The maximum Gasteiger partial charge on any atom is 0.326 e. The first-order valence-corrected chi connectivity index (χ1v) is 10.5. The normalized spacial score (nSPS) is 14.0. The van der Waals surface area contributed by atoms with Crippen molar-refractivity contribution >= 4 is 35.6 Å². The van der Waals surface area contributed by atoms with Gasteiger partial charge in [0.15, 0.2) is 11.9 Å². The fraction of sp³-hybridized carbons (Fsp3) is 0.667. The molecule has 0 aromatic carbocycles. The Hall–Kier alpha value is -3.66. The number of nitrogens with zero attached hydrogens (tertiary/aromatic N) is 2. The third-order valence-electron chi connectivity index (χ3n) is 4.40. The molecular formula is C18H36N10O6. The lowest BCUT2D eigenvalue weighted by Crippen LogP contribution is -2.54. The van der Waals surface area contributed by atoms with Crippen LogP contribution in [0.2, 0.25) is 0 Å². The van der Waals surface area contributed by atoms with Crippen molar-refractivity contribution in [3.8, 4) is 0 Å². The van der Waals surface area contributed by atoms with Crippen molar-refractivity contribution in [2.75, 3.05) is 19.6 Å². The van der Waals surface area contributed by atoms with Gasteiger partial charge in [0.25, 0.3) is 0 Å². The molecule has 0 aliphatic carbocycles. The molecule has 4 atom stereocenters. The van der Waals surface area contributed by atoms with Gasteiger partial charge in [-0.15, -0.1) is 0 Å². The van der Waals surface area contributed by atoms with Crippen LogP contribution in [0.3, 0.4) is 0 Å². The summed E-state index contributed by atoms with van der Waals surface area (Å²) in [5.74, 6) is -3.80. The summed E-state index contributed by atoms with van der Waals surface area (Å²) in [6, 6.07) is -3.62. The summed E-state index contributed by atoms with van der Waals surface area (Å²) in [5.41, 5.74) is 26.4. The van der Waals surface area contributed by atoms with Crippen LogP contribution >= 0.6 is 0 Å². The molecule has 0 fully saturated rings. The molecule has 0 heterocycles. The van der Waals surface area contributed by atoms with Gasteiger partial charge in [0.2, 0.25) is 17.7 Å². The highest BCUT2D eigenvalue weighted by Gasteiger charge is 2.26. The molecule has 194 valence electrons. The summed E-state index contributed by atoms with van der Waals surface area (Å²) in [6.45, 7) is 1.15. The zero-order chi connectivity index (χ0) is 26.3. The second-order valence-electron chi connectivity index (χ2n) is 7.40. The Kier molecular flexibility index (Phi) is 14.3. The van der Waals surface area contributed by atoms with Crippen LogP contribution in [-0.2, 0) is 19.2 Å². The topological polar surface area (TPSA) is 300 Å². The predicted octanol–water partition coefficient (Wildman–Crippen LogP) is -5.03. The number of aliphatic imine (C=N–C) groups is 2. The molecule has 16 nitrogen and oxygen atoms in total. The van der Waals surface area contributed by atoms with Gasteiger partial charge in [0.05, 0.1) is 12.6 Å². The first kappa shape index (κ1) is 30.3. The van der Waals surface area contributed by atoms with E-state index in [1.54, 1.807) is 0 Å². The van der Waals surface area contributed by atoms with E-state index >= 15 is 0 Å². The zero-order valence-corrected chi connectivity index (χ0v) is 19.1. The summed E-state index contributed by atoms with van der Waals surface area (Å²) in [6.07, 6.45) is -0.434. The van der Waals surface area contributed by atoms with E-state index < -0.39 is 54.5 Å². The number of guanidine groups is 2. The number of aliphatic hydroxyl groups is 1. The van der Waals surface area contributed by atoms with Gasteiger partial charge in [-0.1, -0.05) is 0 Å². The number of nitrogens with one attached hydrogen (secondary N) is 3. The van der Waals surface area contributed by atoms with E-state index in [1.165, 1.54) is 6.92 Å². The van der Waals surface area contributed by atoms with Gasteiger partial charge in [-0.2, -0.15) is 0 Å². The predicted molar refractivity (Wildman–Crippen MR) is 124 cm³/mol. The fourth-order valence-electron chi connectivity index (χ4n) is 2.56. The number of aliphatic carboxylic acids is 1. The summed E-state index contributed by atoms with van der Waals surface area (Å²) in [4.78, 5) is 55.8. The summed E-state index contributed by atoms with van der Waals surface area (Å²) in [5, 5.41) is 25.8. The molecule has 0 saturated carbocycles. The van der Waals surface area contributed by atoms with Crippen molar-refractivity contribution in [2.45, 2.75) is 56.8 Å². The van der Waals surface area contributed by atoms with Gasteiger partial charge in [-0.05, 0) is 32.6 Å². The SMILES string of the molecule is CC(O)C(N)C(=O)NCC(=O)NC(CCCN=C(N)N)C(=O)NC(CCCN=C(N)N)C(=O)O. The van der Waals surface area contributed by atoms with Crippen molar-refractivity contribution in [2.24, 2.45) is 38.7 Å². The minimum Gasteiger partial charge on any atom is -0.480 e. The molecule has 0 aromatic rings. The molecule has 16 heteroatoms. The standard InChI is InChI=1S/C18H36N10O6/c1-9(29)13(19)15(32)26-8-12(30)27-10(4-2-6-24-17(20)21)14(31)28-11(16(33)34)5-3-7-25-18(22)23/h9-11,13,29H,2-8,19H2,1H3,(H,26,32)(H,27,30)(H,28,31)(H,33,34)(H4,20,21,24)(H4,22,23,25). The van der Waals surface area contributed by atoms with E-state index in [9.17, 15) is 29.4 Å². The van der Waals surface area contributed by atoms with Gasteiger partial charge >= 0.3 is 5.97 Å². The van der Waals surface area contributed by atoms with E-state index in [0.29, 0.717) is 0 Å². The van der Waals surface area contributed by atoms with Gasteiger partial charge in [-0.25, -0.2) is 4.79 Å². The van der Waals surface area contributed by atoms with Crippen LogP contribution in [0.1, 0.15) is 32.6 Å². The van der Waals surface area contributed by atoms with E-state index in [0.717, 1.165) is 0 Å². The number of hydrogen-bond donors (Lipinski definition) is 10. The van der Waals surface area contributed by atoms with Crippen molar-refractivity contribution < 1.29 is 29.4 Å². The van der Waals surface area contributed by atoms with E-state index in [-0.39, 0.29) is 50.7 Å². The van der Waals surface area contributed by atoms with E-state index in [2.05, 4.69) is 25.9 Å². The van der Waals surface area contributed by atoms with Gasteiger partial charge < -0.3 is 54.8 Å². The highest BCUT2D eigenvalue weighted by molar-refractivity contribution is 5.92. The Bertz CT molecular complexity index is 750. The monoisotopic (exact) mass is 488 g/mol. The number of aliphatic hydroxyl groups excluding tert-OH is 1. The first-order chi connectivity index (χ1) is 15.8. The molecular weight excluding hydrogens is 452 g/mol. The molecule has 0 aliphatic heterocycles. The minimum absolute atomic E-state index is 0.0415. The number of rotatable bonds is 16. The van der Waals surface area contributed by atoms with E-state index in [4.69, 9.17) is 28.7 Å². The maximum absolute atomic E-state index is 12.7. The van der Waals surface area contributed by atoms with Crippen LogP contribution in [0, 0.1) is 0 Å². The maximum atomic E-state index is 12.7. The lowest BCUT2D eigenvalue weighted by atomic mass is 10.1. The molecule has 0 radical (unpaired) electrons. The highest BCUT2D eigenvalue weighted by atomic mass is 16.4. The Morgan fingerprint density at radius 3 is 1.79 bits per heavy atom. The molecule has 4 unspecified atom stereocenters. The number of carboxylic acid groups (broad SMARTS) is 1. The number of hydrogen-bond acceptors (Lipinski definition) is 8. The average Bonchev–Trinajstić information content (AvgIpc) is 2.74. The Morgan fingerprint density at radius 1 is 0.853 bits per heavy atom. The number of carbonyl (C=O) groups is 4. The molecule has 15 N–H and O–H groups in total. The fourth-order valence-corrected chi connectivity index (χ4v) is 2.56. The van der Waals surface area contributed by atoms with Crippen LogP contribution < -0.4 is 44.6 Å². The number of carbonyl (C=O) groups excluding carboxylic acids is 3. The molecule has 0 bridgehead atoms. The smallest absolute Gasteiger partial charge is 0.326 e. The first-order valence-electron chi connectivity index (χ1n) is 10.5. The van der Waals surface area contributed by atoms with E-state index in [1.807, 2.05) is 0 Å². The largest absolute Gasteiger partial charge is 0.480 e. The third kappa shape index (κ3) is 13.7. The Labute approximate surface area is 196 Å². The number of carboxylic acids is 1. The second-order valence-corrected chi connectivity index (χ2v) is 7.40. The summed E-state index contributed by atoms with van der Waals surface area (Å²) < 4.78 is 0.